The number of hydrogen-bond donors (Lipinski definition) is 1. The van der Waals surface area contributed by atoms with Gasteiger partial charge in [-0.2, -0.15) is 0 Å². The van der Waals surface area contributed by atoms with E-state index in [1.807, 2.05) is 6.08 Å². The van der Waals surface area contributed by atoms with Gasteiger partial charge >= 0.3 is 5.63 Å². The van der Waals surface area contributed by atoms with E-state index < -0.39 is 5.63 Å². The minimum atomic E-state index is -0.717. The SMILES string of the molecule is CCC=CCCOc1cccc2c(O)c(OC(C)C)c(=O)oc12. The summed E-state index contributed by atoms with van der Waals surface area (Å²) in [5.41, 5.74) is -0.490. The molecule has 124 valence electrons. The molecule has 0 saturated heterocycles. The fourth-order valence-electron chi connectivity index (χ4n) is 2.14. The maximum atomic E-state index is 12.0. The molecule has 23 heavy (non-hydrogen) atoms. The summed E-state index contributed by atoms with van der Waals surface area (Å²) >= 11 is 0. The average Bonchev–Trinajstić information content (AvgIpc) is 2.51. The monoisotopic (exact) mass is 318 g/mol. The highest BCUT2D eigenvalue weighted by atomic mass is 16.5. The van der Waals surface area contributed by atoms with Crippen LogP contribution in [0.15, 0.2) is 39.6 Å². The van der Waals surface area contributed by atoms with Gasteiger partial charge < -0.3 is 19.0 Å². The smallest absolute Gasteiger partial charge is 0.383 e. The summed E-state index contributed by atoms with van der Waals surface area (Å²) in [6.45, 7) is 6.07. The Morgan fingerprint density at radius 3 is 2.78 bits per heavy atom. The molecule has 2 aromatic rings. The Kier molecular flexibility index (Phi) is 5.68. The van der Waals surface area contributed by atoms with Gasteiger partial charge in [-0.15, -0.1) is 0 Å². The first kappa shape index (κ1) is 16.9. The first-order valence-corrected chi connectivity index (χ1v) is 7.77. The second-order valence-corrected chi connectivity index (χ2v) is 5.38. The zero-order valence-electron chi connectivity index (χ0n) is 13.7. The number of hydrogen-bond acceptors (Lipinski definition) is 5. The molecule has 0 unspecified atom stereocenters. The topological polar surface area (TPSA) is 68.9 Å². The molecular weight excluding hydrogens is 296 g/mol. The molecule has 0 radical (unpaired) electrons. The third kappa shape index (κ3) is 4.06. The van der Waals surface area contributed by atoms with Crippen LogP contribution in [-0.4, -0.2) is 17.8 Å². The van der Waals surface area contributed by atoms with Crippen molar-refractivity contribution in [2.75, 3.05) is 6.61 Å². The maximum absolute atomic E-state index is 12.0. The summed E-state index contributed by atoms with van der Waals surface area (Å²) in [4.78, 5) is 12.0. The molecule has 0 saturated carbocycles. The van der Waals surface area contributed by atoms with Crippen LogP contribution in [0.2, 0.25) is 0 Å². The van der Waals surface area contributed by atoms with Gasteiger partial charge in [0.1, 0.15) is 0 Å². The number of allylic oxidation sites excluding steroid dienone is 1. The van der Waals surface area contributed by atoms with Crippen molar-refractivity contribution in [2.24, 2.45) is 0 Å². The van der Waals surface area contributed by atoms with Crippen LogP contribution in [0.4, 0.5) is 0 Å². The second kappa shape index (κ2) is 7.72. The van der Waals surface area contributed by atoms with Crippen LogP contribution < -0.4 is 15.1 Å². The van der Waals surface area contributed by atoms with E-state index in [0.29, 0.717) is 17.7 Å². The van der Waals surface area contributed by atoms with Crippen molar-refractivity contribution in [3.8, 4) is 17.2 Å². The van der Waals surface area contributed by atoms with Crippen molar-refractivity contribution in [2.45, 2.75) is 39.7 Å². The van der Waals surface area contributed by atoms with Gasteiger partial charge in [-0.3, -0.25) is 0 Å². The van der Waals surface area contributed by atoms with Gasteiger partial charge in [0, 0.05) is 0 Å². The second-order valence-electron chi connectivity index (χ2n) is 5.38. The van der Waals surface area contributed by atoms with Crippen molar-refractivity contribution in [1.29, 1.82) is 0 Å². The van der Waals surface area contributed by atoms with Crippen LogP contribution >= 0.6 is 0 Å². The van der Waals surface area contributed by atoms with E-state index in [1.165, 1.54) is 0 Å². The third-order valence-corrected chi connectivity index (χ3v) is 3.13. The molecule has 0 amide bonds. The largest absolute Gasteiger partial charge is 0.504 e. The number of benzene rings is 1. The summed E-state index contributed by atoms with van der Waals surface area (Å²) in [5.74, 6) is 0.0349. The molecule has 1 heterocycles. The minimum absolute atomic E-state index is 0.171. The highest BCUT2D eigenvalue weighted by Gasteiger charge is 2.18. The molecule has 0 atom stereocenters. The molecule has 0 aliphatic carbocycles. The quantitative estimate of drug-likeness (QED) is 0.474. The first-order chi connectivity index (χ1) is 11.0. The third-order valence-electron chi connectivity index (χ3n) is 3.13. The summed E-state index contributed by atoms with van der Waals surface area (Å²) in [7, 11) is 0. The molecule has 1 aromatic carbocycles. The van der Waals surface area contributed by atoms with E-state index in [2.05, 4.69) is 13.0 Å². The highest BCUT2D eigenvalue weighted by molar-refractivity contribution is 5.89. The molecule has 0 fully saturated rings. The van der Waals surface area contributed by atoms with Crippen molar-refractivity contribution < 1.29 is 19.0 Å². The lowest BCUT2D eigenvalue weighted by molar-refractivity contribution is 0.221. The number of rotatable bonds is 7. The van der Waals surface area contributed by atoms with Crippen LogP contribution in [0.3, 0.4) is 0 Å². The Bertz CT molecular complexity index is 743. The van der Waals surface area contributed by atoms with Crippen LogP contribution in [0.25, 0.3) is 11.0 Å². The predicted octanol–water partition coefficient (Wildman–Crippen LogP) is 4.02. The minimum Gasteiger partial charge on any atom is -0.504 e. The summed E-state index contributed by atoms with van der Waals surface area (Å²) < 4.78 is 16.3. The summed E-state index contributed by atoms with van der Waals surface area (Å²) in [5, 5.41) is 10.7. The summed E-state index contributed by atoms with van der Waals surface area (Å²) in [6, 6.07) is 5.10. The molecule has 0 aliphatic rings. The van der Waals surface area contributed by atoms with Gasteiger partial charge in [-0.1, -0.05) is 25.1 Å². The van der Waals surface area contributed by atoms with E-state index in [0.717, 1.165) is 12.8 Å². The Balaban J connectivity index is 2.34. The lowest BCUT2D eigenvalue weighted by Gasteiger charge is -2.12. The first-order valence-electron chi connectivity index (χ1n) is 7.77. The Morgan fingerprint density at radius 2 is 2.09 bits per heavy atom. The Labute approximate surface area is 135 Å². The van der Waals surface area contributed by atoms with Gasteiger partial charge in [-0.05, 0) is 38.8 Å². The standard InChI is InChI=1S/C18H22O5/c1-4-5-6-7-11-21-14-10-8-9-13-15(19)17(22-12(2)3)18(20)23-16(13)14/h5-6,8-10,12,19H,4,7,11H2,1-3H3. The maximum Gasteiger partial charge on any atom is 0.383 e. The van der Waals surface area contributed by atoms with Crippen LogP contribution in [-0.2, 0) is 0 Å². The number of para-hydroxylation sites is 1. The van der Waals surface area contributed by atoms with Crippen molar-refractivity contribution in [1.82, 2.24) is 0 Å². The van der Waals surface area contributed by atoms with Gasteiger partial charge in [0.15, 0.2) is 17.1 Å². The fraction of sp³-hybridized carbons (Fsp3) is 0.389. The average molecular weight is 318 g/mol. The molecule has 1 aromatic heterocycles. The lowest BCUT2D eigenvalue weighted by atomic mass is 10.2. The Morgan fingerprint density at radius 1 is 1.30 bits per heavy atom. The zero-order valence-corrected chi connectivity index (χ0v) is 13.7. The number of fused-ring (bicyclic) bond motifs is 1. The lowest BCUT2D eigenvalue weighted by Crippen LogP contribution is -2.13. The van der Waals surface area contributed by atoms with Crippen molar-refractivity contribution in [3.63, 3.8) is 0 Å². The van der Waals surface area contributed by atoms with Crippen LogP contribution in [0.5, 0.6) is 17.2 Å². The summed E-state index contributed by atoms with van der Waals surface area (Å²) in [6.07, 6.45) is 5.59. The zero-order chi connectivity index (χ0) is 16.8. The van der Waals surface area contributed by atoms with E-state index >= 15 is 0 Å². The van der Waals surface area contributed by atoms with E-state index in [1.54, 1.807) is 32.0 Å². The predicted molar refractivity (Wildman–Crippen MR) is 89.5 cm³/mol. The molecule has 2 rings (SSSR count). The normalized spacial score (nSPS) is 11.5. The number of ether oxygens (including phenoxy) is 2. The van der Waals surface area contributed by atoms with Crippen molar-refractivity contribution in [3.05, 3.63) is 40.8 Å². The Hall–Kier alpha value is -2.43. The van der Waals surface area contributed by atoms with E-state index in [4.69, 9.17) is 13.9 Å². The van der Waals surface area contributed by atoms with Gasteiger partial charge in [0.2, 0.25) is 5.75 Å². The van der Waals surface area contributed by atoms with Gasteiger partial charge in [-0.25, -0.2) is 4.79 Å². The molecule has 5 nitrogen and oxygen atoms in total. The molecule has 0 bridgehead atoms. The van der Waals surface area contributed by atoms with Crippen LogP contribution in [0, 0.1) is 0 Å². The number of aromatic hydroxyl groups is 1. The van der Waals surface area contributed by atoms with E-state index in [-0.39, 0.29) is 23.2 Å². The molecule has 0 aliphatic heterocycles. The van der Waals surface area contributed by atoms with Gasteiger partial charge in [0.05, 0.1) is 18.1 Å². The van der Waals surface area contributed by atoms with Gasteiger partial charge in [0.25, 0.3) is 0 Å². The highest BCUT2D eigenvalue weighted by Crippen LogP contribution is 2.36. The molecule has 0 spiro atoms. The van der Waals surface area contributed by atoms with Crippen LogP contribution in [0.1, 0.15) is 33.6 Å². The fourth-order valence-corrected chi connectivity index (χ4v) is 2.14. The molecule has 5 heteroatoms. The molecule has 1 N–H and O–H groups in total. The molecular formula is C18H22O5. The van der Waals surface area contributed by atoms with E-state index in [9.17, 15) is 9.90 Å². The van der Waals surface area contributed by atoms with Crippen molar-refractivity contribution >= 4 is 11.0 Å².